The van der Waals surface area contributed by atoms with E-state index in [0.29, 0.717) is 17.9 Å². The molecule has 4 fully saturated rings. The van der Waals surface area contributed by atoms with Gasteiger partial charge < -0.3 is 10.1 Å². The predicted molar refractivity (Wildman–Crippen MR) is 108 cm³/mol. The van der Waals surface area contributed by atoms with Crippen LogP contribution in [0.4, 0.5) is 5.69 Å². The van der Waals surface area contributed by atoms with Gasteiger partial charge in [-0.05, 0) is 73.8 Å². The summed E-state index contributed by atoms with van der Waals surface area (Å²) in [4.78, 5) is 25.5. The van der Waals surface area contributed by atoms with Gasteiger partial charge in [0.1, 0.15) is 0 Å². The number of para-hydroxylation sites is 1. The zero-order valence-corrected chi connectivity index (χ0v) is 16.8. The summed E-state index contributed by atoms with van der Waals surface area (Å²) in [5.41, 5.74) is 0.771. The lowest BCUT2D eigenvalue weighted by molar-refractivity contribution is -0.154. The molecule has 1 aromatic carbocycles. The molecule has 0 radical (unpaired) electrons. The molecule has 4 saturated carbocycles. The highest BCUT2D eigenvalue weighted by atomic mass is 32.2. The Morgan fingerprint density at radius 1 is 1.14 bits per heavy atom. The fraction of sp³-hybridized carbons (Fsp3) is 0.591. The van der Waals surface area contributed by atoms with Crippen molar-refractivity contribution in [2.24, 2.45) is 23.2 Å². The van der Waals surface area contributed by atoms with Crippen LogP contribution in [0.5, 0.6) is 0 Å². The second-order valence-electron chi connectivity index (χ2n) is 8.75. The highest BCUT2D eigenvalue weighted by Crippen LogP contribution is 2.61. The molecule has 148 valence electrons. The molecule has 6 heteroatoms. The smallest absolute Gasteiger partial charge is 0.306 e. The first-order chi connectivity index (χ1) is 13.5. The third-order valence-corrected chi connectivity index (χ3v) is 7.44. The molecular weight excluding hydrogens is 372 g/mol. The molecular formula is C22H26N2O3S. The number of amides is 1. The predicted octanol–water partition coefficient (Wildman–Crippen LogP) is 4.39. The minimum atomic E-state index is -0.344. The van der Waals surface area contributed by atoms with E-state index >= 15 is 0 Å². The van der Waals surface area contributed by atoms with Gasteiger partial charge in [0.2, 0.25) is 0 Å². The number of thioether (sulfide) groups is 1. The molecule has 0 unspecified atom stereocenters. The van der Waals surface area contributed by atoms with Crippen molar-refractivity contribution in [3.63, 3.8) is 0 Å². The first-order valence-corrected chi connectivity index (χ1v) is 11.1. The summed E-state index contributed by atoms with van der Waals surface area (Å²) >= 11 is 1.37. The van der Waals surface area contributed by atoms with Gasteiger partial charge in [0.05, 0.1) is 23.9 Å². The van der Waals surface area contributed by atoms with Gasteiger partial charge in [-0.15, -0.1) is 11.8 Å². The third kappa shape index (κ3) is 4.35. The van der Waals surface area contributed by atoms with Gasteiger partial charge in [0.25, 0.3) is 5.91 Å². The lowest BCUT2D eigenvalue weighted by atomic mass is 9.49. The van der Waals surface area contributed by atoms with Crippen molar-refractivity contribution in [3.05, 3.63) is 24.3 Å². The summed E-state index contributed by atoms with van der Waals surface area (Å²) in [6, 6.07) is 9.41. The van der Waals surface area contributed by atoms with Crippen molar-refractivity contribution in [1.29, 1.82) is 5.26 Å². The standard InChI is InChI=1S/C22H26N2O3S/c23-5-6-28-19-4-2-1-3-18(19)24-20(25)14-27-21(26)13-22-10-15-7-16(11-22)9-17(8-15)12-22/h1-4,15-17H,6-14H2,(H,24,25). The zero-order valence-electron chi connectivity index (χ0n) is 16.0. The Kier molecular flexibility index (Phi) is 5.63. The van der Waals surface area contributed by atoms with Gasteiger partial charge in [-0.1, -0.05) is 12.1 Å². The van der Waals surface area contributed by atoms with Crippen molar-refractivity contribution < 1.29 is 14.3 Å². The Labute approximate surface area is 170 Å². The van der Waals surface area contributed by atoms with Gasteiger partial charge in [0.15, 0.2) is 6.61 Å². The molecule has 0 saturated heterocycles. The Morgan fingerprint density at radius 2 is 1.79 bits per heavy atom. The number of rotatable bonds is 7. The monoisotopic (exact) mass is 398 g/mol. The van der Waals surface area contributed by atoms with Crippen LogP contribution in [0.1, 0.15) is 44.9 Å². The van der Waals surface area contributed by atoms with Crippen molar-refractivity contribution in [3.8, 4) is 6.07 Å². The number of ether oxygens (including phenoxy) is 1. The number of hydrogen-bond acceptors (Lipinski definition) is 5. The van der Waals surface area contributed by atoms with Crippen LogP contribution in [0.2, 0.25) is 0 Å². The van der Waals surface area contributed by atoms with E-state index in [1.54, 1.807) is 6.07 Å². The Balaban J connectivity index is 1.27. The molecule has 4 aliphatic rings. The molecule has 5 rings (SSSR count). The minimum Gasteiger partial charge on any atom is -0.456 e. The molecule has 0 aromatic heterocycles. The van der Waals surface area contributed by atoms with Gasteiger partial charge in [-0.25, -0.2) is 0 Å². The van der Waals surface area contributed by atoms with E-state index < -0.39 is 0 Å². The minimum absolute atomic E-state index is 0.128. The number of anilines is 1. The van der Waals surface area contributed by atoms with Gasteiger partial charge >= 0.3 is 5.97 Å². The van der Waals surface area contributed by atoms with Gasteiger partial charge in [0, 0.05) is 4.90 Å². The maximum Gasteiger partial charge on any atom is 0.306 e. The Morgan fingerprint density at radius 3 is 2.43 bits per heavy atom. The quantitative estimate of drug-likeness (QED) is 0.544. The van der Waals surface area contributed by atoms with E-state index in [-0.39, 0.29) is 23.9 Å². The number of nitriles is 1. The van der Waals surface area contributed by atoms with Crippen LogP contribution in [0.3, 0.4) is 0 Å². The maximum absolute atomic E-state index is 12.5. The molecule has 28 heavy (non-hydrogen) atoms. The number of nitrogens with zero attached hydrogens (tertiary/aromatic N) is 1. The lowest BCUT2D eigenvalue weighted by Gasteiger charge is -2.56. The molecule has 1 amide bonds. The van der Waals surface area contributed by atoms with Crippen molar-refractivity contribution in [2.75, 3.05) is 17.7 Å². The van der Waals surface area contributed by atoms with Crippen LogP contribution < -0.4 is 5.32 Å². The molecule has 1 aromatic rings. The van der Waals surface area contributed by atoms with Crippen LogP contribution in [0, 0.1) is 34.5 Å². The maximum atomic E-state index is 12.5. The molecule has 4 aliphatic carbocycles. The van der Waals surface area contributed by atoms with E-state index in [4.69, 9.17) is 10.00 Å². The second-order valence-corrected chi connectivity index (χ2v) is 9.76. The highest BCUT2D eigenvalue weighted by molar-refractivity contribution is 7.99. The van der Waals surface area contributed by atoms with E-state index in [1.165, 1.54) is 31.0 Å². The average Bonchev–Trinajstić information content (AvgIpc) is 2.64. The molecule has 0 aliphatic heterocycles. The molecule has 4 bridgehead atoms. The highest BCUT2D eigenvalue weighted by Gasteiger charge is 2.51. The fourth-order valence-electron chi connectivity index (χ4n) is 6.00. The number of benzene rings is 1. The Hall–Kier alpha value is -2.00. The second kappa shape index (κ2) is 8.16. The van der Waals surface area contributed by atoms with E-state index in [2.05, 4.69) is 11.4 Å². The third-order valence-electron chi connectivity index (χ3n) is 6.50. The summed E-state index contributed by atoms with van der Waals surface area (Å²) in [6.45, 7) is -0.261. The summed E-state index contributed by atoms with van der Waals surface area (Å²) in [5.74, 6) is 2.11. The van der Waals surface area contributed by atoms with Crippen molar-refractivity contribution in [2.45, 2.75) is 49.8 Å². The number of esters is 1. The largest absolute Gasteiger partial charge is 0.456 e. The van der Waals surface area contributed by atoms with Crippen LogP contribution in [0.15, 0.2) is 29.2 Å². The van der Waals surface area contributed by atoms with Crippen molar-refractivity contribution >= 4 is 29.3 Å². The molecule has 0 atom stereocenters. The number of hydrogen-bond donors (Lipinski definition) is 1. The first-order valence-electron chi connectivity index (χ1n) is 10.1. The molecule has 5 nitrogen and oxygen atoms in total. The van der Waals surface area contributed by atoms with Gasteiger partial charge in [-0.2, -0.15) is 5.26 Å². The molecule has 1 N–H and O–H groups in total. The van der Waals surface area contributed by atoms with E-state index in [9.17, 15) is 9.59 Å². The summed E-state index contributed by atoms with van der Waals surface area (Å²) in [6.07, 6.45) is 7.97. The topological polar surface area (TPSA) is 79.2 Å². The summed E-state index contributed by atoms with van der Waals surface area (Å²) in [7, 11) is 0. The number of nitrogens with one attached hydrogen (secondary N) is 1. The number of carbonyl (C=O) groups excluding carboxylic acids is 2. The van der Waals surface area contributed by atoms with Gasteiger partial charge in [-0.3, -0.25) is 9.59 Å². The molecule has 0 heterocycles. The van der Waals surface area contributed by atoms with E-state index in [0.717, 1.165) is 41.9 Å². The van der Waals surface area contributed by atoms with Crippen LogP contribution >= 0.6 is 11.8 Å². The van der Waals surface area contributed by atoms with Crippen LogP contribution in [-0.2, 0) is 14.3 Å². The first kappa shape index (κ1) is 19.3. The zero-order chi connectivity index (χ0) is 19.6. The average molecular weight is 399 g/mol. The van der Waals surface area contributed by atoms with Crippen LogP contribution in [0.25, 0.3) is 0 Å². The van der Waals surface area contributed by atoms with E-state index in [1.807, 2.05) is 18.2 Å². The lowest BCUT2D eigenvalue weighted by Crippen LogP contribution is -2.47. The Bertz CT molecular complexity index is 766. The normalized spacial score (nSPS) is 29.9. The van der Waals surface area contributed by atoms with Crippen molar-refractivity contribution in [1.82, 2.24) is 0 Å². The summed E-state index contributed by atoms with van der Waals surface area (Å²) in [5, 5.41) is 11.5. The SMILES string of the molecule is N#CCSc1ccccc1NC(=O)COC(=O)CC12CC3CC(CC(C3)C1)C2. The van der Waals surface area contributed by atoms with Crippen LogP contribution in [-0.4, -0.2) is 24.2 Å². The molecule has 0 spiro atoms. The number of carbonyl (C=O) groups is 2. The summed E-state index contributed by atoms with van der Waals surface area (Å²) < 4.78 is 5.33. The fourth-order valence-corrected chi connectivity index (χ4v) is 6.67.